The van der Waals surface area contributed by atoms with E-state index < -0.39 is 11.9 Å². The first-order chi connectivity index (χ1) is 8.65. The molecule has 0 bridgehead atoms. The van der Waals surface area contributed by atoms with Crippen molar-refractivity contribution in [3.8, 4) is 0 Å². The molecule has 0 aliphatic heterocycles. The van der Waals surface area contributed by atoms with Gasteiger partial charge >= 0.3 is 0 Å². The minimum Gasteiger partial charge on any atom is -0.368 e. The lowest BCUT2D eigenvalue weighted by molar-refractivity contribution is -0.119. The van der Waals surface area contributed by atoms with E-state index in [0.29, 0.717) is 17.9 Å². The number of carbonyl (C=O) groups is 2. The molecule has 1 aromatic rings. The van der Waals surface area contributed by atoms with Crippen molar-refractivity contribution in [2.24, 2.45) is 11.5 Å². The number of nitrogens with one attached hydrogen (secondary N) is 1. The Morgan fingerprint density at radius 3 is 2.50 bits per heavy atom. The fraction of sp³-hybridized carbons (Fsp3) is 0.333. The van der Waals surface area contributed by atoms with Crippen LogP contribution in [0.3, 0.4) is 0 Å². The van der Waals surface area contributed by atoms with E-state index in [1.54, 1.807) is 24.3 Å². The molecule has 0 heterocycles. The summed E-state index contributed by atoms with van der Waals surface area (Å²) in [6.45, 7) is 0.531. The van der Waals surface area contributed by atoms with Crippen LogP contribution in [-0.4, -0.2) is 35.9 Å². The van der Waals surface area contributed by atoms with E-state index in [9.17, 15) is 9.59 Å². The van der Waals surface area contributed by atoms with Crippen LogP contribution >= 0.6 is 11.8 Å². The van der Waals surface area contributed by atoms with Crippen molar-refractivity contribution in [1.29, 1.82) is 0 Å². The molecule has 0 fully saturated rings. The Kier molecular flexibility index (Phi) is 6.24. The quantitative estimate of drug-likeness (QED) is 0.604. The highest BCUT2D eigenvalue weighted by Crippen LogP contribution is 2.04. The van der Waals surface area contributed by atoms with Gasteiger partial charge in [0.15, 0.2) is 0 Å². The molecule has 1 aromatic carbocycles. The molecule has 0 aromatic heterocycles. The Hall–Kier alpha value is -1.53. The first-order valence-electron chi connectivity index (χ1n) is 5.58. The van der Waals surface area contributed by atoms with Gasteiger partial charge in [0.1, 0.15) is 6.04 Å². The number of thioether (sulfide) groups is 1. The molecule has 0 radical (unpaired) electrons. The van der Waals surface area contributed by atoms with Crippen molar-refractivity contribution in [3.63, 3.8) is 0 Å². The monoisotopic (exact) mass is 267 g/mol. The third kappa shape index (κ3) is 4.77. The average Bonchev–Trinajstić information content (AvgIpc) is 2.38. The van der Waals surface area contributed by atoms with E-state index in [1.807, 2.05) is 6.07 Å². The van der Waals surface area contributed by atoms with Crippen LogP contribution < -0.4 is 16.8 Å². The van der Waals surface area contributed by atoms with Crippen LogP contribution in [0, 0.1) is 0 Å². The fourth-order valence-electron chi connectivity index (χ4n) is 1.31. The van der Waals surface area contributed by atoms with Crippen molar-refractivity contribution in [2.75, 3.05) is 18.1 Å². The second kappa shape index (κ2) is 7.73. The zero-order valence-corrected chi connectivity index (χ0v) is 10.8. The highest BCUT2D eigenvalue weighted by molar-refractivity contribution is 7.99. The topological polar surface area (TPSA) is 98.2 Å². The molecule has 0 saturated carbocycles. The van der Waals surface area contributed by atoms with Gasteiger partial charge in [-0.25, -0.2) is 0 Å². The predicted octanol–water partition coefficient (Wildman–Crippen LogP) is -0.0378. The van der Waals surface area contributed by atoms with E-state index >= 15 is 0 Å². The van der Waals surface area contributed by atoms with Gasteiger partial charge in [0, 0.05) is 23.6 Å². The van der Waals surface area contributed by atoms with Gasteiger partial charge in [-0.3, -0.25) is 9.59 Å². The zero-order valence-electron chi connectivity index (χ0n) is 9.96. The summed E-state index contributed by atoms with van der Waals surface area (Å²) in [5, 5.41) is 2.62. The number of rotatable bonds is 7. The second-order valence-electron chi connectivity index (χ2n) is 3.66. The normalized spacial score (nSPS) is 11.8. The maximum atomic E-state index is 11.8. The molecular weight excluding hydrogens is 250 g/mol. The van der Waals surface area contributed by atoms with Gasteiger partial charge in [0.05, 0.1) is 0 Å². The Balaban J connectivity index is 2.55. The summed E-state index contributed by atoms with van der Waals surface area (Å²) in [4.78, 5) is 23.1. The van der Waals surface area contributed by atoms with Crippen molar-refractivity contribution in [2.45, 2.75) is 6.04 Å². The van der Waals surface area contributed by atoms with Gasteiger partial charge in [-0.2, -0.15) is 11.8 Å². The lowest BCUT2D eigenvalue weighted by atomic mass is 10.2. The zero-order chi connectivity index (χ0) is 13.4. The van der Waals surface area contributed by atoms with Crippen LogP contribution in [0.2, 0.25) is 0 Å². The molecule has 98 valence electrons. The minimum atomic E-state index is -0.672. The summed E-state index contributed by atoms with van der Waals surface area (Å²) < 4.78 is 0. The first kappa shape index (κ1) is 14.5. The van der Waals surface area contributed by atoms with Crippen molar-refractivity contribution in [1.82, 2.24) is 5.32 Å². The largest absolute Gasteiger partial charge is 0.368 e. The van der Waals surface area contributed by atoms with Gasteiger partial charge in [-0.15, -0.1) is 0 Å². The van der Waals surface area contributed by atoms with Crippen LogP contribution in [0.4, 0.5) is 0 Å². The van der Waals surface area contributed by atoms with Crippen LogP contribution in [0.25, 0.3) is 0 Å². The molecule has 5 N–H and O–H groups in total. The summed E-state index contributed by atoms with van der Waals surface area (Å²) in [7, 11) is 0. The molecule has 0 aliphatic rings. The minimum absolute atomic E-state index is 0.298. The average molecular weight is 267 g/mol. The van der Waals surface area contributed by atoms with Gasteiger partial charge in [-0.05, 0) is 12.1 Å². The van der Waals surface area contributed by atoms with Gasteiger partial charge < -0.3 is 16.8 Å². The third-order valence-corrected chi connectivity index (χ3v) is 3.32. The second-order valence-corrected chi connectivity index (χ2v) is 4.81. The maximum absolute atomic E-state index is 11.8. The molecule has 18 heavy (non-hydrogen) atoms. The fourth-order valence-corrected chi connectivity index (χ4v) is 2.13. The molecule has 6 heteroatoms. The molecule has 0 saturated heterocycles. The SMILES string of the molecule is NCCSC[C@H](NC(=O)c1ccccc1)C(N)=O. The number of hydrogen-bond donors (Lipinski definition) is 3. The number of benzene rings is 1. The van der Waals surface area contributed by atoms with E-state index in [2.05, 4.69) is 5.32 Å². The number of carbonyl (C=O) groups excluding carboxylic acids is 2. The van der Waals surface area contributed by atoms with Crippen molar-refractivity contribution >= 4 is 23.6 Å². The number of amides is 2. The molecule has 2 amide bonds. The summed E-state index contributed by atoms with van der Waals surface area (Å²) >= 11 is 1.49. The van der Waals surface area contributed by atoms with Gasteiger partial charge in [0.25, 0.3) is 5.91 Å². The summed E-state index contributed by atoms with van der Waals surface area (Å²) in [5.74, 6) is 0.326. The smallest absolute Gasteiger partial charge is 0.251 e. The van der Waals surface area contributed by atoms with Crippen molar-refractivity contribution < 1.29 is 9.59 Å². The Morgan fingerprint density at radius 1 is 1.28 bits per heavy atom. The van der Waals surface area contributed by atoms with Crippen LogP contribution in [0.5, 0.6) is 0 Å². The Labute approximate surface area is 110 Å². The number of primary amides is 1. The molecular formula is C12H17N3O2S. The molecule has 1 atom stereocenters. The predicted molar refractivity (Wildman–Crippen MR) is 73.3 cm³/mol. The molecule has 0 aliphatic carbocycles. The molecule has 0 spiro atoms. The van der Waals surface area contributed by atoms with Crippen molar-refractivity contribution in [3.05, 3.63) is 35.9 Å². The molecule has 5 nitrogen and oxygen atoms in total. The van der Waals surface area contributed by atoms with Crippen LogP contribution in [-0.2, 0) is 4.79 Å². The lowest BCUT2D eigenvalue weighted by Gasteiger charge is -2.14. The van der Waals surface area contributed by atoms with Crippen LogP contribution in [0.15, 0.2) is 30.3 Å². The first-order valence-corrected chi connectivity index (χ1v) is 6.73. The van der Waals surface area contributed by atoms with E-state index in [4.69, 9.17) is 11.5 Å². The molecule has 1 rings (SSSR count). The van der Waals surface area contributed by atoms with E-state index in [0.717, 1.165) is 5.75 Å². The standard InChI is InChI=1S/C12H17N3O2S/c13-6-7-18-8-10(11(14)16)15-12(17)9-4-2-1-3-5-9/h1-5,10H,6-8,13H2,(H2,14,16)(H,15,17)/t10-/m0/s1. The Morgan fingerprint density at radius 2 is 1.94 bits per heavy atom. The summed E-state index contributed by atoms with van der Waals surface area (Å²) in [6.07, 6.45) is 0. The number of nitrogens with two attached hydrogens (primary N) is 2. The van der Waals surface area contributed by atoms with Crippen LogP contribution in [0.1, 0.15) is 10.4 Å². The highest BCUT2D eigenvalue weighted by atomic mass is 32.2. The maximum Gasteiger partial charge on any atom is 0.251 e. The Bertz CT molecular complexity index is 398. The number of hydrogen-bond acceptors (Lipinski definition) is 4. The lowest BCUT2D eigenvalue weighted by Crippen LogP contribution is -2.46. The summed E-state index contributed by atoms with van der Waals surface area (Å²) in [6, 6.07) is 8.03. The van der Waals surface area contributed by atoms with Gasteiger partial charge in [0.2, 0.25) is 5.91 Å². The van der Waals surface area contributed by atoms with Gasteiger partial charge in [-0.1, -0.05) is 18.2 Å². The van der Waals surface area contributed by atoms with E-state index in [1.165, 1.54) is 11.8 Å². The third-order valence-electron chi connectivity index (χ3n) is 2.23. The van der Waals surface area contributed by atoms with E-state index in [-0.39, 0.29) is 5.91 Å². The highest BCUT2D eigenvalue weighted by Gasteiger charge is 2.18. The molecule has 0 unspecified atom stereocenters. The summed E-state index contributed by atoms with van der Waals surface area (Å²) in [5.41, 5.74) is 11.1.